The van der Waals surface area contributed by atoms with Crippen molar-refractivity contribution >= 4 is 23.2 Å². The molecule has 0 heterocycles. The molecule has 1 aromatic rings. The molecule has 1 atom stereocenters. The number of benzene rings is 1. The molecular weight excluding hydrogens is 254 g/mol. The number of methoxy groups -OCH3 is 1. The van der Waals surface area contributed by atoms with Gasteiger partial charge in [-0.3, -0.25) is 4.79 Å². The molecule has 0 bridgehead atoms. The van der Waals surface area contributed by atoms with Gasteiger partial charge in [-0.2, -0.15) is 0 Å². The molecule has 1 N–H and O–H groups in total. The summed E-state index contributed by atoms with van der Waals surface area (Å²) in [4.78, 5) is 11.6. The van der Waals surface area contributed by atoms with Crippen LogP contribution in [-0.4, -0.2) is 25.7 Å². The second kappa shape index (κ2) is 7.24. The maximum absolute atomic E-state index is 11.6. The van der Waals surface area contributed by atoms with Crippen molar-refractivity contribution in [3.63, 3.8) is 0 Å². The van der Waals surface area contributed by atoms with E-state index in [1.165, 1.54) is 7.11 Å². The quantitative estimate of drug-likeness (QED) is 0.865. The van der Waals surface area contributed by atoms with Crippen molar-refractivity contribution in [2.24, 2.45) is 0 Å². The molecular formula is C13H18ClNO3. The monoisotopic (exact) mass is 271 g/mol. The highest BCUT2D eigenvalue weighted by Gasteiger charge is 2.12. The van der Waals surface area contributed by atoms with Crippen LogP contribution in [0.15, 0.2) is 18.2 Å². The van der Waals surface area contributed by atoms with Gasteiger partial charge in [0.2, 0.25) is 0 Å². The Morgan fingerprint density at radius 2 is 2.22 bits per heavy atom. The average Bonchev–Trinajstić information content (AvgIpc) is 2.36. The summed E-state index contributed by atoms with van der Waals surface area (Å²) in [5.74, 6) is 0.409. The van der Waals surface area contributed by atoms with Crippen molar-refractivity contribution in [2.45, 2.75) is 26.4 Å². The molecule has 0 saturated carbocycles. The molecule has 0 aromatic heterocycles. The summed E-state index contributed by atoms with van der Waals surface area (Å²) in [7, 11) is 1.49. The van der Waals surface area contributed by atoms with Crippen molar-refractivity contribution < 1.29 is 14.3 Å². The number of ether oxygens (including phenoxy) is 2. The zero-order valence-corrected chi connectivity index (χ0v) is 11.6. The predicted octanol–water partition coefficient (Wildman–Crippen LogP) is 3.10. The van der Waals surface area contributed by atoms with E-state index in [0.29, 0.717) is 23.1 Å². The second-order valence-electron chi connectivity index (χ2n) is 3.86. The summed E-state index contributed by atoms with van der Waals surface area (Å²) in [6, 6.07) is 5.15. The number of halogens is 1. The Labute approximate surface area is 112 Å². The van der Waals surface area contributed by atoms with Gasteiger partial charge in [0.15, 0.2) is 0 Å². The fourth-order valence-electron chi connectivity index (χ4n) is 1.26. The molecule has 0 saturated heterocycles. The Balaban J connectivity index is 2.69. The predicted molar refractivity (Wildman–Crippen MR) is 72.3 cm³/mol. The summed E-state index contributed by atoms with van der Waals surface area (Å²) in [6.07, 6.45) is 0.417. The van der Waals surface area contributed by atoms with Crippen molar-refractivity contribution in [3.05, 3.63) is 23.2 Å². The minimum atomic E-state index is -0.500. The summed E-state index contributed by atoms with van der Waals surface area (Å²) < 4.78 is 10.4. The van der Waals surface area contributed by atoms with Crippen LogP contribution >= 0.6 is 11.6 Å². The molecule has 0 spiro atoms. The number of nitrogens with one attached hydrogen (secondary N) is 1. The van der Waals surface area contributed by atoms with Crippen LogP contribution in [0.5, 0.6) is 5.75 Å². The molecule has 0 aliphatic heterocycles. The fourth-order valence-corrected chi connectivity index (χ4v) is 1.49. The van der Waals surface area contributed by atoms with E-state index in [1.807, 2.05) is 6.92 Å². The Bertz CT molecular complexity index is 409. The summed E-state index contributed by atoms with van der Waals surface area (Å²) in [5.41, 5.74) is 0.623. The normalized spacial score (nSPS) is 12.0. The highest BCUT2D eigenvalue weighted by molar-refractivity contribution is 6.32. The fraction of sp³-hybridized carbons (Fsp3) is 0.462. The van der Waals surface area contributed by atoms with Gasteiger partial charge in [0.1, 0.15) is 11.9 Å². The Morgan fingerprint density at radius 1 is 1.50 bits per heavy atom. The van der Waals surface area contributed by atoms with Crippen LogP contribution in [0, 0.1) is 0 Å². The van der Waals surface area contributed by atoms with E-state index in [9.17, 15) is 4.79 Å². The van der Waals surface area contributed by atoms with E-state index < -0.39 is 6.10 Å². The van der Waals surface area contributed by atoms with Gasteiger partial charge in [-0.1, -0.05) is 18.5 Å². The van der Waals surface area contributed by atoms with Crippen molar-refractivity contribution in [1.29, 1.82) is 0 Å². The van der Waals surface area contributed by atoms with Gasteiger partial charge in [-0.25, -0.2) is 0 Å². The Kier molecular flexibility index (Phi) is 5.95. The smallest absolute Gasteiger partial charge is 0.253 e. The van der Waals surface area contributed by atoms with Gasteiger partial charge in [0.25, 0.3) is 5.91 Å². The first-order valence-corrected chi connectivity index (χ1v) is 6.22. The molecule has 18 heavy (non-hydrogen) atoms. The molecule has 5 heteroatoms. The first-order chi connectivity index (χ1) is 8.58. The van der Waals surface area contributed by atoms with Crippen LogP contribution in [0.1, 0.15) is 20.3 Å². The highest BCUT2D eigenvalue weighted by atomic mass is 35.5. The minimum Gasteiger partial charge on any atom is -0.492 e. The maximum atomic E-state index is 11.6. The van der Waals surface area contributed by atoms with Crippen molar-refractivity contribution in [1.82, 2.24) is 0 Å². The third-order valence-corrected chi connectivity index (χ3v) is 2.68. The van der Waals surface area contributed by atoms with Crippen LogP contribution in [-0.2, 0) is 9.53 Å². The molecule has 0 radical (unpaired) electrons. The van der Waals surface area contributed by atoms with Gasteiger partial charge < -0.3 is 14.8 Å². The minimum absolute atomic E-state index is 0.212. The van der Waals surface area contributed by atoms with Gasteiger partial charge in [0.05, 0.1) is 11.6 Å². The third kappa shape index (κ3) is 4.20. The van der Waals surface area contributed by atoms with E-state index in [1.54, 1.807) is 25.1 Å². The molecule has 1 aromatic carbocycles. The van der Waals surface area contributed by atoms with Crippen LogP contribution < -0.4 is 10.1 Å². The van der Waals surface area contributed by atoms with Crippen molar-refractivity contribution in [2.75, 3.05) is 19.0 Å². The number of amides is 1. The first kappa shape index (κ1) is 14.8. The SMILES string of the molecule is CCCOc1ccc(NC(=O)C(C)OC)cc1Cl. The average molecular weight is 272 g/mol. The number of hydrogen-bond acceptors (Lipinski definition) is 3. The molecule has 4 nitrogen and oxygen atoms in total. The van der Waals surface area contributed by atoms with Gasteiger partial charge in [-0.15, -0.1) is 0 Å². The van der Waals surface area contributed by atoms with Crippen LogP contribution in [0.3, 0.4) is 0 Å². The van der Waals surface area contributed by atoms with Crippen LogP contribution in [0.4, 0.5) is 5.69 Å². The van der Waals surface area contributed by atoms with Gasteiger partial charge >= 0.3 is 0 Å². The van der Waals surface area contributed by atoms with Crippen LogP contribution in [0.2, 0.25) is 5.02 Å². The molecule has 100 valence electrons. The molecule has 1 amide bonds. The summed E-state index contributed by atoms with van der Waals surface area (Å²) >= 11 is 6.05. The third-order valence-electron chi connectivity index (χ3n) is 2.38. The van der Waals surface area contributed by atoms with E-state index in [-0.39, 0.29) is 5.91 Å². The van der Waals surface area contributed by atoms with Crippen LogP contribution in [0.25, 0.3) is 0 Å². The number of anilines is 1. The van der Waals surface area contributed by atoms with E-state index in [2.05, 4.69) is 5.32 Å². The van der Waals surface area contributed by atoms with Gasteiger partial charge in [0, 0.05) is 12.8 Å². The maximum Gasteiger partial charge on any atom is 0.253 e. The lowest BCUT2D eigenvalue weighted by Gasteiger charge is -2.12. The zero-order chi connectivity index (χ0) is 13.5. The molecule has 0 aliphatic rings. The molecule has 1 unspecified atom stereocenters. The lowest BCUT2D eigenvalue weighted by Crippen LogP contribution is -2.26. The molecule has 1 rings (SSSR count). The first-order valence-electron chi connectivity index (χ1n) is 5.84. The lowest BCUT2D eigenvalue weighted by molar-refractivity contribution is -0.124. The van der Waals surface area contributed by atoms with Gasteiger partial charge in [-0.05, 0) is 31.5 Å². The largest absolute Gasteiger partial charge is 0.492 e. The number of rotatable bonds is 6. The topological polar surface area (TPSA) is 47.6 Å². The number of hydrogen-bond donors (Lipinski definition) is 1. The molecule has 0 aliphatic carbocycles. The van der Waals surface area contributed by atoms with E-state index >= 15 is 0 Å². The zero-order valence-electron chi connectivity index (χ0n) is 10.8. The summed E-state index contributed by atoms with van der Waals surface area (Å²) in [6.45, 7) is 4.32. The van der Waals surface area contributed by atoms with E-state index in [4.69, 9.17) is 21.1 Å². The number of carbonyl (C=O) groups excluding carboxylic acids is 1. The van der Waals surface area contributed by atoms with Crippen molar-refractivity contribution in [3.8, 4) is 5.75 Å². The second-order valence-corrected chi connectivity index (χ2v) is 4.27. The van der Waals surface area contributed by atoms with E-state index in [0.717, 1.165) is 6.42 Å². The number of carbonyl (C=O) groups is 1. The molecule has 0 fully saturated rings. The Morgan fingerprint density at radius 3 is 2.78 bits per heavy atom. The lowest BCUT2D eigenvalue weighted by atomic mass is 10.2. The Hall–Kier alpha value is -1.26. The summed E-state index contributed by atoms with van der Waals surface area (Å²) in [5, 5.41) is 3.19. The highest BCUT2D eigenvalue weighted by Crippen LogP contribution is 2.27. The standard InChI is InChI=1S/C13H18ClNO3/c1-4-7-18-12-6-5-10(8-11(12)14)15-13(16)9(2)17-3/h5-6,8-9H,4,7H2,1-3H3,(H,15,16).